The highest BCUT2D eigenvalue weighted by Crippen LogP contribution is 2.46. The van der Waals surface area contributed by atoms with Crippen molar-refractivity contribution in [3.8, 4) is 0 Å². The van der Waals surface area contributed by atoms with Gasteiger partial charge in [0.05, 0.1) is 0 Å². The first-order valence-electron chi connectivity index (χ1n) is 6.98. The molecule has 0 amide bonds. The van der Waals surface area contributed by atoms with Crippen molar-refractivity contribution in [1.82, 2.24) is 0 Å². The molecule has 0 aromatic carbocycles. The standard InChI is InChI=1S/C10H16.C6H12/c1-7(2)10-6-8-3-4-9(10)5-8;1-3-5-6-4-2/h3-4,7-10H,5-6H2,1-2H3;3H,1,4-6H2,2H3. The largest absolute Gasteiger partial charge is 0.103 e. The Morgan fingerprint density at radius 2 is 2.06 bits per heavy atom. The number of hydrogen-bond donors (Lipinski definition) is 0. The van der Waals surface area contributed by atoms with E-state index in [1.54, 1.807) is 0 Å². The monoisotopic (exact) mass is 220 g/mol. The van der Waals surface area contributed by atoms with Crippen LogP contribution in [0.2, 0.25) is 0 Å². The molecular formula is C16H28. The van der Waals surface area contributed by atoms with Gasteiger partial charge >= 0.3 is 0 Å². The lowest BCUT2D eigenvalue weighted by molar-refractivity contribution is 0.331. The molecular weight excluding hydrogens is 192 g/mol. The van der Waals surface area contributed by atoms with Gasteiger partial charge in [0.15, 0.2) is 0 Å². The first-order valence-corrected chi connectivity index (χ1v) is 6.98. The topological polar surface area (TPSA) is 0 Å². The zero-order valence-corrected chi connectivity index (χ0v) is 11.3. The van der Waals surface area contributed by atoms with Crippen molar-refractivity contribution in [1.29, 1.82) is 0 Å². The minimum atomic E-state index is 0.903. The van der Waals surface area contributed by atoms with Crippen molar-refractivity contribution in [2.24, 2.45) is 23.7 Å². The van der Waals surface area contributed by atoms with Crippen molar-refractivity contribution >= 4 is 0 Å². The van der Waals surface area contributed by atoms with Crippen LogP contribution < -0.4 is 0 Å². The van der Waals surface area contributed by atoms with E-state index in [0.717, 1.165) is 23.7 Å². The van der Waals surface area contributed by atoms with E-state index in [-0.39, 0.29) is 0 Å². The van der Waals surface area contributed by atoms with Gasteiger partial charge in [-0.3, -0.25) is 0 Å². The smallest absolute Gasteiger partial charge is 0.0197 e. The van der Waals surface area contributed by atoms with Crippen molar-refractivity contribution in [3.63, 3.8) is 0 Å². The molecule has 0 aliphatic heterocycles. The van der Waals surface area contributed by atoms with Gasteiger partial charge < -0.3 is 0 Å². The molecule has 0 heteroatoms. The van der Waals surface area contributed by atoms with Gasteiger partial charge in [-0.25, -0.2) is 0 Å². The Labute approximate surface area is 102 Å². The third-order valence-corrected chi connectivity index (χ3v) is 3.95. The van der Waals surface area contributed by atoms with E-state index in [4.69, 9.17) is 0 Å². The quantitative estimate of drug-likeness (QED) is 0.450. The van der Waals surface area contributed by atoms with Crippen LogP contribution in [0.4, 0.5) is 0 Å². The zero-order valence-electron chi connectivity index (χ0n) is 11.3. The highest BCUT2D eigenvalue weighted by Gasteiger charge is 2.36. The second-order valence-corrected chi connectivity index (χ2v) is 5.62. The van der Waals surface area contributed by atoms with Crippen LogP contribution in [0.1, 0.15) is 52.9 Å². The number of fused-ring (bicyclic) bond motifs is 2. The second kappa shape index (κ2) is 6.93. The van der Waals surface area contributed by atoms with Gasteiger partial charge in [0.25, 0.3) is 0 Å². The molecule has 2 aliphatic rings. The van der Waals surface area contributed by atoms with Gasteiger partial charge in [-0.1, -0.05) is 51.8 Å². The zero-order chi connectivity index (χ0) is 12.0. The van der Waals surface area contributed by atoms with Crippen LogP contribution in [0.3, 0.4) is 0 Å². The summed E-state index contributed by atoms with van der Waals surface area (Å²) in [4.78, 5) is 0. The van der Waals surface area contributed by atoms with Crippen LogP contribution in [0.25, 0.3) is 0 Å². The molecule has 2 rings (SSSR count). The lowest BCUT2D eigenvalue weighted by Gasteiger charge is -2.21. The van der Waals surface area contributed by atoms with Crippen LogP contribution in [0.15, 0.2) is 24.8 Å². The minimum absolute atomic E-state index is 0.903. The predicted molar refractivity (Wildman–Crippen MR) is 73.4 cm³/mol. The first kappa shape index (κ1) is 13.5. The van der Waals surface area contributed by atoms with Gasteiger partial charge in [0.2, 0.25) is 0 Å². The Bertz CT molecular complexity index is 224. The maximum atomic E-state index is 3.60. The third-order valence-electron chi connectivity index (χ3n) is 3.95. The van der Waals surface area contributed by atoms with E-state index in [1.807, 2.05) is 6.08 Å². The summed E-state index contributed by atoms with van der Waals surface area (Å²) in [5.74, 6) is 3.82. The fourth-order valence-electron chi connectivity index (χ4n) is 2.94. The lowest BCUT2D eigenvalue weighted by Crippen LogP contribution is -2.13. The number of unbranched alkanes of at least 4 members (excludes halogenated alkanes) is 2. The Balaban J connectivity index is 0.000000187. The summed E-state index contributed by atoms with van der Waals surface area (Å²) in [6.07, 6.45) is 13.5. The minimum Gasteiger partial charge on any atom is -0.103 e. The van der Waals surface area contributed by atoms with E-state index in [0.29, 0.717) is 0 Å². The highest BCUT2D eigenvalue weighted by molar-refractivity contribution is 5.10. The van der Waals surface area contributed by atoms with Gasteiger partial charge in [-0.05, 0) is 42.9 Å². The predicted octanol–water partition coefficient (Wildman–Crippen LogP) is 5.22. The fourth-order valence-corrected chi connectivity index (χ4v) is 2.94. The van der Waals surface area contributed by atoms with E-state index >= 15 is 0 Å². The maximum Gasteiger partial charge on any atom is -0.0197 e. The molecule has 0 heterocycles. The molecule has 0 spiro atoms. The lowest BCUT2D eigenvalue weighted by atomic mass is 9.84. The summed E-state index contributed by atoms with van der Waals surface area (Å²) < 4.78 is 0. The van der Waals surface area contributed by atoms with Crippen LogP contribution >= 0.6 is 0 Å². The summed E-state index contributed by atoms with van der Waals surface area (Å²) in [6.45, 7) is 10.5. The number of allylic oxidation sites excluding steroid dienone is 3. The van der Waals surface area contributed by atoms with Crippen molar-refractivity contribution < 1.29 is 0 Å². The van der Waals surface area contributed by atoms with Crippen molar-refractivity contribution in [3.05, 3.63) is 24.8 Å². The molecule has 92 valence electrons. The summed E-state index contributed by atoms with van der Waals surface area (Å²) in [7, 11) is 0. The van der Waals surface area contributed by atoms with Crippen LogP contribution in [-0.2, 0) is 0 Å². The molecule has 0 radical (unpaired) electrons. The maximum absolute atomic E-state index is 3.60. The van der Waals surface area contributed by atoms with E-state index in [1.165, 1.54) is 32.1 Å². The molecule has 2 aliphatic carbocycles. The molecule has 3 atom stereocenters. The summed E-state index contributed by atoms with van der Waals surface area (Å²) in [6, 6.07) is 0. The first-order chi connectivity index (χ1) is 7.69. The third kappa shape index (κ3) is 3.81. The summed E-state index contributed by atoms with van der Waals surface area (Å²) >= 11 is 0. The molecule has 1 fully saturated rings. The molecule has 16 heavy (non-hydrogen) atoms. The Kier molecular flexibility index (Phi) is 5.87. The van der Waals surface area contributed by atoms with E-state index in [2.05, 4.69) is 39.5 Å². The molecule has 0 nitrogen and oxygen atoms in total. The Hall–Kier alpha value is -0.520. The number of hydrogen-bond acceptors (Lipinski definition) is 0. The van der Waals surface area contributed by atoms with Gasteiger partial charge in [0.1, 0.15) is 0 Å². The Morgan fingerprint density at radius 1 is 1.31 bits per heavy atom. The van der Waals surface area contributed by atoms with Gasteiger partial charge in [-0.15, -0.1) is 6.58 Å². The van der Waals surface area contributed by atoms with Crippen molar-refractivity contribution in [2.75, 3.05) is 0 Å². The molecule has 1 saturated carbocycles. The van der Waals surface area contributed by atoms with Gasteiger partial charge in [-0.2, -0.15) is 0 Å². The van der Waals surface area contributed by atoms with E-state index in [9.17, 15) is 0 Å². The van der Waals surface area contributed by atoms with Crippen LogP contribution in [-0.4, -0.2) is 0 Å². The van der Waals surface area contributed by atoms with Gasteiger partial charge in [0, 0.05) is 0 Å². The normalized spacial score (nSPS) is 30.4. The molecule has 0 aromatic heterocycles. The van der Waals surface area contributed by atoms with Crippen LogP contribution in [0, 0.1) is 23.7 Å². The Morgan fingerprint density at radius 3 is 2.31 bits per heavy atom. The number of rotatable bonds is 4. The highest BCUT2D eigenvalue weighted by atomic mass is 14.4. The second-order valence-electron chi connectivity index (χ2n) is 5.62. The molecule has 3 unspecified atom stereocenters. The van der Waals surface area contributed by atoms with Crippen molar-refractivity contribution in [2.45, 2.75) is 52.9 Å². The van der Waals surface area contributed by atoms with E-state index < -0.39 is 0 Å². The van der Waals surface area contributed by atoms with Crippen LogP contribution in [0.5, 0.6) is 0 Å². The molecule has 0 saturated heterocycles. The summed E-state index contributed by atoms with van der Waals surface area (Å²) in [5, 5.41) is 0. The fraction of sp³-hybridized carbons (Fsp3) is 0.750. The average molecular weight is 220 g/mol. The molecule has 0 aromatic rings. The molecule has 0 N–H and O–H groups in total. The SMILES string of the molecule is C=CCCCC.CC(C)C1CC2C=CC1C2. The summed E-state index contributed by atoms with van der Waals surface area (Å²) in [5.41, 5.74) is 0. The molecule has 2 bridgehead atoms. The average Bonchev–Trinajstić information content (AvgIpc) is 2.88.